The van der Waals surface area contributed by atoms with Gasteiger partial charge in [0.25, 0.3) is 5.91 Å². The van der Waals surface area contributed by atoms with Crippen molar-refractivity contribution in [3.63, 3.8) is 0 Å². The van der Waals surface area contributed by atoms with Crippen molar-refractivity contribution in [3.05, 3.63) is 96.1 Å². The molecule has 1 atom stereocenters. The summed E-state index contributed by atoms with van der Waals surface area (Å²) in [5.74, 6) is -0.208. The van der Waals surface area contributed by atoms with E-state index in [4.69, 9.17) is 9.47 Å². The second kappa shape index (κ2) is 15.5. The van der Waals surface area contributed by atoms with Crippen LogP contribution >= 0.6 is 0 Å². The maximum atomic E-state index is 13.7. The van der Waals surface area contributed by atoms with Gasteiger partial charge < -0.3 is 19.7 Å². The number of nitrogens with one attached hydrogen (secondary N) is 1. The molecule has 10 heteroatoms. The Kier molecular flexibility index (Phi) is 11.5. The van der Waals surface area contributed by atoms with Crippen LogP contribution in [0.4, 0.5) is 0 Å². The maximum Gasteiger partial charge on any atom is 0.261 e. The van der Waals surface area contributed by atoms with Crippen LogP contribution < -0.4 is 10.1 Å². The van der Waals surface area contributed by atoms with Crippen LogP contribution in [0, 0.1) is 0 Å². The number of morpholine rings is 1. The molecule has 2 amide bonds. The van der Waals surface area contributed by atoms with Gasteiger partial charge in [0.2, 0.25) is 15.9 Å². The van der Waals surface area contributed by atoms with E-state index in [1.165, 1.54) is 16.4 Å². The molecule has 9 nitrogen and oxygen atoms in total. The lowest BCUT2D eigenvalue weighted by atomic mass is 10.0. The summed E-state index contributed by atoms with van der Waals surface area (Å²) < 4.78 is 38.4. The Morgan fingerprint density at radius 3 is 2.17 bits per heavy atom. The number of hydrogen-bond acceptors (Lipinski definition) is 6. The Bertz CT molecular complexity index is 1380. The monoisotopic (exact) mass is 593 g/mol. The minimum absolute atomic E-state index is 0.153. The third-order valence-corrected chi connectivity index (χ3v) is 9.00. The molecule has 0 aromatic heterocycles. The number of rotatable bonds is 14. The summed E-state index contributed by atoms with van der Waals surface area (Å²) in [6, 6.07) is 24.5. The third kappa shape index (κ3) is 8.64. The van der Waals surface area contributed by atoms with Gasteiger partial charge in [0.1, 0.15) is 11.8 Å². The molecule has 0 radical (unpaired) electrons. The fourth-order valence-corrected chi connectivity index (χ4v) is 6.12. The highest BCUT2D eigenvalue weighted by Crippen LogP contribution is 2.21. The topological polar surface area (TPSA) is 105 Å². The van der Waals surface area contributed by atoms with Crippen LogP contribution in [0.5, 0.6) is 5.75 Å². The number of carbonyl (C=O) groups excluding carboxylic acids is 2. The molecule has 3 aromatic carbocycles. The molecule has 0 spiro atoms. The van der Waals surface area contributed by atoms with Crippen molar-refractivity contribution in [2.24, 2.45) is 0 Å². The number of nitrogens with zero attached hydrogens (tertiary/aromatic N) is 2. The second-order valence-corrected chi connectivity index (χ2v) is 12.1. The number of unbranched alkanes of at least 4 members (excludes halogenated alkanes) is 1. The van der Waals surface area contributed by atoms with Gasteiger partial charge in [0, 0.05) is 32.6 Å². The minimum Gasteiger partial charge on any atom is -0.484 e. The van der Waals surface area contributed by atoms with Gasteiger partial charge >= 0.3 is 0 Å². The molecule has 1 heterocycles. The Labute approximate surface area is 248 Å². The largest absolute Gasteiger partial charge is 0.484 e. The number of amides is 2. The number of benzene rings is 3. The second-order valence-electron chi connectivity index (χ2n) is 10.1. The van der Waals surface area contributed by atoms with Gasteiger partial charge in [-0.3, -0.25) is 9.59 Å². The van der Waals surface area contributed by atoms with Crippen LogP contribution in [0.3, 0.4) is 0 Å². The van der Waals surface area contributed by atoms with Crippen molar-refractivity contribution < 1.29 is 27.5 Å². The van der Waals surface area contributed by atoms with Crippen molar-refractivity contribution in [2.75, 3.05) is 39.5 Å². The summed E-state index contributed by atoms with van der Waals surface area (Å²) in [4.78, 5) is 28.9. The summed E-state index contributed by atoms with van der Waals surface area (Å²) in [5.41, 5.74) is 1.83. The van der Waals surface area contributed by atoms with E-state index in [2.05, 4.69) is 12.2 Å². The zero-order chi connectivity index (χ0) is 29.8. The predicted octanol–water partition coefficient (Wildman–Crippen LogP) is 3.64. The molecule has 224 valence electrons. The van der Waals surface area contributed by atoms with Crippen molar-refractivity contribution in [2.45, 2.75) is 43.7 Å². The van der Waals surface area contributed by atoms with Crippen LogP contribution in [0.2, 0.25) is 0 Å². The zero-order valence-corrected chi connectivity index (χ0v) is 24.8. The lowest BCUT2D eigenvalue weighted by Crippen LogP contribution is -2.51. The average Bonchev–Trinajstić information content (AvgIpc) is 3.03. The summed E-state index contributed by atoms with van der Waals surface area (Å²) >= 11 is 0. The van der Waals surface area contributed by atoms with E-state index in [1.807, 2.05) is 60.7 Å². The molecule has 1 saturated heterocycles. The standard InChI is InChI=1S/C32H39N3O6S/c1-2-3-18-33-32(37)30(23-26-10-6-4-7-11-26)35(24-27-12-8-5-9-13-27)31(36)25-41-28-14-16-29(17-15-28)42(38,39)34-19-21-40-22-20-34/h4-17,30H,2-3,18-25H2,1H3,(H,33,37)/t30-/m1/s1. The van der Waals surface area contributed by atoms with Gasteiger partial charge in [-0.15, -0.1) is 0 Å². The molecule has 1 fully saturated rings. The highest BCUT2D eigenvalue weighted by atomic mass is 32.2. The first-order valence-electron chi connectivity index (χ1n) is 14.3. The maximum absolute atomic E-state index is 13.7. The number of carbonyl (C=O) groups is 2. The molecule has 3 aromatic rings. The summed E-state index contributed by atoms with van der Waals surface area (Å²) in [6.45, 7) is 3.86. The minimum atomic E-state index is -3.64. The van der Waals surface area contributed by atoms with E-state index in [0.717, 1.165) is 24.0 Å². The normalized spacial score (nSPS) is 14.6. The fourth-order valence-electron chi connectivity index (χ4n) is 4.71. The van der Waals surface area contributed by atoms with E-state index >= 15 is 0 Å². The molecular formula is C32H39N3O6S. The lowest BCUT2D eigenvalue weighted by molar-refractivity contribution is -0.142. The third-order valence-electron chi connectivity index (χ3n) is 7.09. The van der Waals surface area contributed by atoms with E-state index in [1.54, 1.807) is 17.0 Å². The van der Waals surface area contributed by atoms with Gasteiger partial charge in [0.15, 0.2) is 6.61 Å². The molecule has 42 heavy (non-hydrogen) atoms. The molecular weight excluding hydrogens is 554 g/mol. The van der Waals surface area contributed by atoms with Gasteiger partial charge in [0.05, 0.1) is 18.1 Å². The molecule has 1 aliphatic rings. The molecule has 0 unspecified atom stereocenters. The van der Waals surface area contributed by atoms with Crippen molar-refractivity contribution in [3.8, 4) is 5.75 Å². The summed E-state index contributed by atoms with van der Waals surface area (Å²) in [6.07, 6.45) is 2.14. The van der Waals surface area contributed by atoms with Crippen LogP contribution in [-0.4, -0.2) is 74.9 Å². The van der Waals surface area contributed by atoms with E-state index < -0.39 is 16.1 Å². The van der Waals surface area contributed by atoms with Gasteiger partial charge in [-0.1, -0.05) is 74.0 Å². The lowest BCUT2D eigenvalue weighted by Gasteiger charge is -2.31. The Hall–Kier alpha value is -3.73. The smallest absolute Gasteiger partial charge is 0.261 e. The molecule has 1 aliphatic heterocycles. The van der Waals surface area contributed by atoms with E-state index in [0.29, 0.717) is 45.0 Å². The van der Waals surface area contributed by atoms with Gasteiger partial charge in [-0.25, -0.2) is 8.42 Å². The predicted molar refractivity (Wildman–Crippen MR) is 160 cm³/mol. The Morgan fingerprint density at radius 1 is 0.929 bits per heavy atom. The molecule has 1 N–H and O–H groups in total. The first-order valence-corrected chi connectivity index (χ1v) is 15.8. The zero-order valence-electron chi connectivity index (χ0n) is 24.0. The van der Waals surface area contributed by atoms with Crippen LogP contribution in [0.25, 0.3) is 0 Å². The molecule has 0 saturated carbocycles. The van der Waals surface area contributed by atoms with Crippen molar-refractivity contribution >= 4 is 21.8 Å². The average molecular weight is 594 g/mol. The van der Waals surface area contributed by atoms with Gasteiger partial charge in [-0.05, 0) is 41.8 Å². The highest BCUT2D eigenvalue weighted by Gasteiger charge is 2.31. The number of ether oxygens (including phenoxy) is 2. The first-order chi connectivity index (χ1) is 20.4. The number of sulfonamides is 1. The first kappa shape index (κ1) is 31.2. The summed E-state index contributed by atoms with van der Waals surface area (Å²) in [5, 5.41) is 3.00. The van der Waals surface area contributed by atoms with Crippen molar-refractivity contribution in [1.29, 1.82) is 0 Å². The highest BCUT2D eigenvalue weighted by molar-refractivity contribution is 7.89. The summed E-state index contributed by atoms with van der Waals surface area (Å²) in [7, 11) is -3.64. The Balaban J connectivity index is 1.51. The van der Waals surface area contributed by atoms with Crippen LogP contribution in [0.1, 0.15) is 30.9 Å². The van der Waals surface area contributed by atoms with E-state index in [-0.39, 0.29) is 29.9 Å². The van der Waals surface area contributed by atoms with Crippen LogP contribution in [0.15, 0.2) is 89.8 Å². The molecule has 0 aliphatic carbocycles. The van der Waals surface area contributed by atoms with Crippen molar-refractivity contribution in [1.82, 2.24) is 14.5 Å². The van der Waals surface area contributed by atoms with Crippen LogP contribution in [-0.2, 0) is 37.3 Å². The molecule has 0 bridgehead atoms. The van der Waals surface area contributed by atoms with E-state index in [9.17, 15) is 18.0 Å². The quantitative estimate of drug-likeness (QED) is 0.286. The van der Waals surface area contributed by atoms with Gasteiger partial charge in [-0.2, -0.15) is 4.31 Å². The fraction of sp³-hybridized carbons (Fsp3) is 0.375. The number of hydrogen-bond donors (Lipinski definition) is 1. The molecule has 4 rings (SSSR count). The Morgan fingerprint density at radius 2 is 1.55 bits per heavy atom. The SMILES string of the molecule is CCCCNC(=O)[C@@H](Cc1ccccc1)N(Cc1ccccc1)C(=O)COc1ccc(S(=O)(=O)N2CCOCC2)cc1.